The summed E-state index contributed by atoms with van der Waals surface area (Å²) in [5.41, 5.74) is 0. The predicted molar refractivity (Wildman–Crippen MR) is 83.6 cm³/mol. The highest BCUT2D eigenvalue weighted by Crippen LogP contribution is 2.32. The van der Waals surface area contributed by atoms with Gasteiger partial charge in [-0.05, 0) is 35.7 Å². The molecule has 0 aliphatic carbocycles. The minimum atomic E-state index is 0.0880. The number of phenols is 4. The second-order valence-electron chi connectivity index (χ2n) is 4.57. The van der Waals surface area contributed by atoms with E-state index in [-0.39, 0.29) is 23.0 Å². The molecule has 4 N–H and O–H groups in total. The number of fused-ring (bicyclic) bond motifs is 1. The van der Waals surface area contributed by atoms with Gasteiger partial charge < -0.3 is 25.2 Å². The van der Waals surface area contributed by atoms with Gasteiger partial charge in [0.2, 0.25) is 0 Å². The van der Waals surface area contributed by atoms with E-state index in [1.165, 1.54) is 31.4 Å². The maximum absolute atomic E-state index is 9.37. The lowest BCUT2D eigenvalue weighted by Crippen LogP contribution is -1.84. The van der Waals surface area contributed by atoms with Gasteiger partial charge in [0, 0.05) is 17.5 Å². The van der Waals surface area contributed by atoms with Crippen LogP contribution in [0.1, 0.15) is 0 Å². The van der Waals surface area contributed by atoms with E-state index in [4.69, 9.17) is 14.9 Å². The smallest absolute Gasteiger partial charge is 0.130 e. The number of aromatic hydroxyl groups is 4. The molecule has 0 amide bonds. The summed E-state index contributed by atoms with van der Waals surface area (Å²) in [6.07, 6.45) is 0. The zero-order valence-corrected chi connectivity index (χ0v) is 11.9. The lowest BCUT2D eigenvalue weighted by molar-refractivity contribution is 0.412. The van der Waals surface area contributed by atoms with Gasteiger partial charge in [-0.1, -0.05) is 12.1 Å². The third kappa shape index (κ3) is 3.73. The molecule has 0 saturated heterocycles. The third-order valence-corrected chi connectivity index (χ3v) is 2.93. The van der Waals surface area contributed by atoms with E-state index < -0.39 is 0 Å². The Labute approximate surface area is 127 Å². The van der Waals surface area contributed by atoms with Crippen molar-refractivity contribution in [1.82, 2.24) is 0 Å². The maximum Gasteiger partial charge on any atom is 0.130 e. The van der Waals surface area contributed by atoms with Gasteiger partial charge in [0.25, 0.3) is 0 Å². The highest BCUT2D eigenvalue weighted by Gasteiger charge is 2.04. The molecule has 0 bridgehead atoms. The van der Waals surface area contributed by atoms with E-state index in [2.05, 4.69) is 0 Å². The molecule has 0 heterocycles. The van der Waals surface area contributed by atoms with Gasteiger partial charge in [-0.15, -0.1) is 0 Å². The van der Waals surface area contributed by atoms with Crippen LogP contribution >= 0.6 is 0 Å². The first-order chi connectivity index (χ1) is 10.5. The SMILES string of the molecule is COc1cc(O)cc2ccc(O)cc12.Oc1cccc(O)c1. The molecule has 0 unspecified atom stereocenters. The molecule has 5 nitrogen and oxygen atoms in total. The van der Waals surface area contributed by atoms with Crippen molar-refractivity contribution in [2.24, 2.45) is 0 Å². The van der Waals surface area contributed by atoms with Gasteiger partial charge in [0.05, 0.1) is 7.11 Å². The Morgan fingerprint density at radius 1 is 0.682 bits per heavy atom. The first kappa shape index (κ1) is 15.3. The van der Waals surface area contributed by atoms with Crippen molar-refractivity contribution in [3.8, 4) is 28.7 Å². The molecule has 0 spiro atoms. The van der Waals surface area contributed by atoms with E-state index in [0.29, 0.717) is 5.75 Å². The Bertz CT molecular complexity index is 766. The Kier molecular flexibility index (Phi) is 4.58. The van der Waals surface area contributed by atoms with Crippen molar-refractivity contribution >= 4 is 10.8 Å². The molecule has 3 aromatic carbocycles. The molecule has 22 heavy (non-hydrogen) atoms. The molecule has 3 rings (SSSR count). The first-order valence-corrected chi connectivity index (χ1v) is 6.47. The number of hydrogen-bond acceptors (Lipinski definition) is 5. The summed E-state index contributed by atoms with van der Waals surface area (Å²) < 4.78 is 5.09. The van der Waals surface area contributed by atoms with E-state index in [1.807, 2.05) is 0 Å². The van der Waals surface area contributed by atoms with Gasteiger partial charge in [0.15, 0.2) is 0 Å². The van der Waals surface area contributed by atoms with E-state index in [1.54, 1.807) is 30.3 Å². The summed E-state index contributed by atoms with van der Waals surface area (Å²) >= 11 is 0. The van der Waals surface area contributed by atoms with Crippen LogP contribution in [0.15, 0.2) is 54.6 Å². The minimum absolute atomic E-state index is 0.0880. The molecule has 0 aliphatic heterocycles. The topological polar surface area (TPSA) is 90.2 Å². The average Bonchev–Trinajstić information content (AvgIpc) is 2.47. The van der Waals surface area contributed by atoms with Crippen molar-refractivity contribution in [3.05, 3.63) is 54.6 Å². The fraction of sp³-hybridized carbons (Fsp3) is 0.0588. The fourth-order valence-electron chi connectivity index (χ4n) is 1.96. The molecule has 114 valence electrons. The van der Waals surface area contributed by atoms with Crippen LogP contribution in [0.25, 0.3) is 10.8 Å². The minimum Gasteiger partial charge on any atom is -0.508 e. The van der Waals surface area contributed by atoms with E-state index in [0.717, 1.165) is 10.8 Å². The molecule has 0 aromatic heterocycles. The summed E-state index contributed by atoms with van der Waals surface area (Å²) in [6, 6.07) is 13.9. The number of hydrogen-bond donors (Lipinski definition) is 4. The average molecular weight is 300 g/mol. The number of methoxy groups -OCH3 is 1. The Balaban J connectivity index is 0.000000188. The van der Waals surface area contributed by atoms with Crippen LogP contribution < -0.4 is 4.74 Å². The molecule has 0 saturated carbocycles. The summed E-state index contributed by atoms with van der Waals surface area (Å²) in [4.78, 5) is 0. The summed E-state index contributed by atoms with van der Waals surface area (Å²) in [5, 5.41) is 37.6. The van der Waals surface area contributed by atoms with Crippen molar-refractivity contribution in [2.75, 3.05) is 7.11 Å². The summed E-state index contributed by atoms with van der Waals surface area (Å²) in [5.74, 6) is 1.06. The first-order valence-electron chi connectivity index (χ1n) is 6.47. The van der Waals surface area contributed by atoms with E-state index >= 15 is 0 Å². The zero-order valence-electron chi connectivity index (χ0n) is 11.9. The molecule has 0 aliphatic rings. The maximum atomic E-state index is 9.37. The largest absolute Gasteiger partial charge is 0.508 e. The third-order valence-electron chi connectivity index (χ3n) is 2.93. The monoisotopic (exact) mass is 300 g/mol. The predicted octanol–water partition coefficient (Wildman–Crippen LogP) is 3.36. The molecule has 0 atom stereocenters. The highest BCUT2D eigenvalue weighted by molar-refractivity contribution is 5.90. The normalized spacial score (nSPS) is 9.86. The van der Waals surface area contributed by atoms with Crippen LogP contribution in [0.2, 0.25) is 0 Å². The van der Waals surface area contributed by atoms with Crippen molar-refractivity contribution in [2.45, 2.75) is 0 Å². The zero-order chi connectivity index (χ0) is 16.1. The fourth-order valence-corrected chi connectivity index (χ4v) is 1.96. The Morgan fingerprint density at radius 2 is 1.32 bits per heavy atom. The molecule has 3 aromatic rings. The second kappa shape index (κ2) is 6.58. The number of benzene rings is 3. The van der Waals surface area contributed by atoms with Gasteiger partial charge in [-0.3, -0.25) is 0 Å². The van der Waals surface area contributed by atoms with Crippen LogP contribution in [0.5, 0.6) is 28.7 Å². The quantitative estimate of drug-likeness (QED) is 0.553. The van der Waals surface area contributed by atoms with Crippen LogP contribution in [-0.2, 0) is 0 Å². The molecular formula is C17H16O5. The van der Waals surface area contributed by atoms with Crippen LogP contribution in [0.3, 0.4) is 0 Å². The molecule has 0 radical (unpaired) electrons. The lowest BCUT2D eigenvalue weighted by Gasteiger charge is -2.06. The number of phenolic OH excluding ortho intramolecular Hbond substituents is 4. The molecule has 0 fully saturated rings. The highest BCUT2D eigenvalue weighted by atomic mass is 16.5. The van der Waals surface area contributed by atoms with E-state index in [9.17, 15) is 10.2 Å². The van der Waals surface area contributed by atoms with Gasteiger partial charge in [-0.2, -0.15) is 0 Å². The van der Waals surface area contributed by atoms with Gasteiger partial charge in [0.1, 0.15) is 28.7 Å². The number of rotatable bonds is 1. The lowest BCUT2D eigenvalue weighted by atomic mass is 10.1. The summed E-state index contributed by atoms with van der Waals surface area (Å²) in [6.45, 7) is 0. The summed E-state index contributed by atoms with van der Waals surface area (Å²) in [7, 11) is 1.53. The van der Waals surface area contributed by atoms with Crippen LogP contribution in [-0.4, -0.2) is 27.5 Å². The Hall–Kier alpha value is -3.08. The van der Waals surface area contributed by atoms with Crippen molar-refractivity contribution in [1.29, 1.82) is 0 Å². The molecule has 5 heteroatoms. The van der Waals surface area contributed by atoms with Crippen LogP contribution in [0.4, 0.5) is 0 Å². The van der Waals surface area contributed by atoms with Crippen LogP contribution in [0, 0.1) is 0 Å². The van der Waals surface area contributed by atoms with Crippen molar-refractivity contribution in [3.63, 3.8) is 0 Å². The standard InChI is InChI=1S/C11H10O3.C6H6O2/c1-14-11-6-9(13)4-7-2-3-8(12)5-10(7)11;7-5-2-1-3-6(8)4-5/h2-6,12-13H,1H3;1-4,7-8H. The number of ether oxygens (including phenoxy) is 1. The van der Waals surface area contributed by atoms with Gasteiger partial charge in [-0.25, -0.2) is 0 Å². The van der Waals surface area contributed by atoms with Gasteiger partial charge >= 0.3 is 0 Å². The Morgan fingerprint density at radius 3 is 1.86 bits per heavy atom. The second-order valence-corrected chi connectivity index (χ2v) is 4.57. The molecular weight excluding hydrogens is 284 g/mol. The van der Waals surface area contributed by atoms with Crippen molar-refractivity contribution < 1.29 is 25.2 Å².